The topological polar surface area (TPSA) is 48.4 Å². The molecule has 1 unspecified atom stereocenters. The molecule has 0 aliphatic carbocycles. The Hall–Kier alpha value is -3.74. The van der Waals surface area contributed by atoms with Crippen molar-refractivity contribution >= 4 is 21.9 Å². The van der Waals surface area contributed by atoms with Crippen molar-refractivity contribution in [2.75, 3.05) is 7.11 Å². The maximum atomic E-state index is 13.9. The van der Waals surface area contributed by atoms with E-state index in [0.717, 1.165) is 12.1 Å². The van der Waals surface area contributed by atoms with E-state index < -0.39 is 57.7 Å². The Balaban J connectivity index is 1.74. The molecule has 0 bridgehead atoms. The van der Waals surface area contributed by atoms with Gasteiger partial charge in [0, 0.05) is 17.1 Å². The van der Waals surface area contributed by atoms with Gasteiger partial charge in [0.15, 0.2) is 0 Å². The van der Waals surface area contributed by atoms with Crippen LogP contribution in [0.3, 0.4) is 0 Å². The fraction of sp³-hybridized carbons (Fsp3) is 0.0870. The van der Waals surface area contributed by atoms with E-state index in [1.54, 1.807) is 0 Å². The van der Waals surface area contributed by atoms with Crippen molar-refractivity contribution in [3.8, 4) is 22.8 Å². The van der Waals surface area contributed by atoms with Crippen LogP contribution in [0.15, 0.2) is 53.6 Å². The van der Waals surface area contributed by atoms with E-state index in [2.05, 4.69) is 9.17 Å². The lowest BCUT2D eigenvalue weighted by atomic mass is 10.0. The lowest BCUT2D eigenvalue weighted by Gasteiger charge is -2.14. The molecule has 0 saturated carbocycles. The van der Waals surface area contributed by atoms with Crippen LogP contribution in [0.5, 0.6) is 11.5 Å². The number of aromatic nitrogens is 1. The summed E-state index contributed by atoms with van der Waals surface area (Å²) in [5.74, 6) is -13.3. The second-order valence-electron chi connectivity index (χ2n) is 7.17. The molecule has 36 heavy (non-hydrogen) atoms. The van der Waals surface area contributed by atoms with Gasteiger partial charge in [0.05, 0.1) is 23.3 Å². The molecule has 1 aromatic heterocycles. The summed E-state index contributed by atoms with van der Waals surface area (Å²) in [6.45, 7) is 0. The molecule has 0 aliphatic heterocycles. The first-order valence-corrected chi connectivity index (χ1v) is 10.8. The van der Waals surface area contributed by atoms with Crippen LogP contribution in [0, 0.1) is 29.1 Å². The summed E-state index contributed by atoms with van der Waals surface area (Å²) in [7, 11) is 1.18. The van der Waals surface area contributed by atoms with Crippen molar-refractivity contribution in [1.29, 1.82) is 0 Å². The average molecular weight is 533 g/mol. The molecule has 0 fully saturated rings. The summed E-state index contributed by atoms with van der Waals surface area (Å²) < 4.78 is 129. The molecule has 1 heterocycles. The summed E-state index contributed by atoms with van der Waals surface area (Å²) in [6.07, 6.45) is -3.31. The molecule has 188 valence electrons. The first-order valence-electron chi connectivity index (χ1n) is 9.70. The monoisotopic (exact) mass is 533 g/mol. The van der Waals surface area contributed by atoms with E-state index in [1.807, 2.05) is 0 Å². The highest BCUT2D eigenvalue weighted by molar-refractivity contribution is 7.80. The van der Waals surface area contributed by atoms with Gasteiger partial charge in [0.25, 0.3) is 0 Å². The van der Waals surface area contributed by atoms with Crippen molar-refractivity contribution < 1.29 is 48.3 Å². The van der Waals surface area contributed by atoms with Gasteiger partial charge in [-0.25, -0.2) is 17.4 Å². The van der Waals surface area contributed by atoms with Crippen LogP contribution in [-0.4, -0.2) is 16.3 Å². The smallest absolute Gasteiger partial charge is 0.416 e. The van der Waals surface area contributed by atoms with E-state index in [4.69, 9.17) is 4.74 Å². The number of hydrogen-bond acceptors (Lipinski definition) is 4. The summed E-state index contributed by atoms with van der Waals surface area (Å²) in [6, 6.07) is 8.02. The second-order valence-corrected chi connectivity index (χ2v) is 8.28. The predicted octanol–water partition coefficient (Wildman–Crippen LogP) is 6.73. The SMILES string of the molecule is COc1cc(C(F)(F)F)ccc1-c1nccc2cc(S(=O)Oc3c(F)c(F)c(F)c(F)c3F)ccc12. The van der Waals surface area contributed by atoms with Gasteiger partial charge in [-0.1, -0.05) is 6.07 Å². The van der Waals surface area contributed by atoms with Crippen LogP contribution in [0.1, 0.15) is 5.56 Å². The van der Waals surface area contributed by atoms with Gasteiger partial charge in [0.1, 0.15) is 5.75 Å². The Morgan fingerprint density at radius 3 is 2.08 bits per heavy atom. The van der Waals surface area contributed by atoms with E-state index >= 15 is 0 Å². The third kappa shape index (κ3) is 4.45. The van der Waals surface area contributed by atoms with E-state index in [1.165, 1.54) is 43.6 Å². The molecule has 0 aliphatic rings. The largest absolute Gasteiger partial charge is 0.496 e. The first kappa shape index (κ1) is 25.4. The number of pyridine rings is 1. The third-order valence-electron chi connectivity index (χ3n) is 5.04. The Morgan fingerprint density at radius 2 is 1.47 bits per heavy atom. The van der Waals surface area contributed by atoms with Gasteiger partial charge in [-0.15, -0.1) is 0 Å². The molecule has 0 N–H and O–H groups in total. The highest BCUT2D eigenvalue weighted by atomic mass is 32.2. The van der Waals surface area contributed by atoms with Gasteiger partial charge in [-0.3, -0.25) is 4.98 Å². The maximum absolute atomic E-state index is 13.9. The fourth-order valence-electron chi connectivity index (χ4n) is 3.32. The lowest BCUT2D eigenvalue weighted by Crippen LogP contribution is -2.09. The minimum atomic E-state index is -4.60. The molecule has 1 atom stereocenters. The van der Waals surface area contributed by atoms with Gasteiger partial charge in [-0.2, -0.15) is 22.0 Å². The highest BCUT2D eigenvalue weighted by Crippen LogP contribution is 2.39. The summed E-state index contributed by atoms with van der Waals surface area (Å²) >= 11 is -2.71. The molecular formula is C23H11F8NO3S. The van der Waals surface area contributed by atoms with Crippen LogP contribution in [0.2, 0.25) is 0 Å². The molecule has 3 aromatic carbocycles. The van der Waals surface area contributed by atoms with E-state index in [-0.39, 0.29) is 21.9 Å². The van der Waals surface area contributed by atoms with Crippen LogP contribution < -0.4 is 8.92 Å². The van der Waals surface area contributed by atoms with Gasteiger partial charge in [-0.05, 0) is 41.8 Å². The van der Waals surface area contributed by atoms with Crippen molar-refractivity contribution in [1.82, 2.24) is 4.98 Å². The summed E-state index contributed by atoms with van der Waals surface area (Å²) in [5, 5.41) is 0.696. The normalized spacial score (nSPS) is 12.6. The van der Waals surface area contributed by atoms with Crippen LogP contribution >= 0.6 is 0 Å². The number of methoxy groups -OCH3 is 1. The molecule has 0 spiro atoms. The first-order chi connectivity index (χ1) is 16.9. The van der Waals surface area contributed by atoms with Gasteiger partial charge >= 0.3 is 6.18 Å². The van der Waals surface area contributed by atoms with Crippen LogP contribution in [-0.2, 0) is 17.3 Å². The number of rotatable bonds is 5. The van der Waals surface area contributed by atoms with Crippen LogP contribution in [0.25, 0.3) is 22.0 Å². The molecule has 4 aromatic rings. The van der Waals surface area contributed by atoms with Crippen molar-refractivity contribution in [2.45, 2.75) is 11.1 Å². The van der Waals surface area contributed by atoms with Gasteiger partial charge in [0.2, 0.25) is 45.9 Å². The maximum Gasteiger partial charge on any atom is 0.416 e. The second kappa shape index (κ2) is 9.37. The third-order valence-corrected chi connectivity index (χ3v) is 6.00. The molecule has 0 saturated heterocycles. The summed E-state index contributed by atoms with van der Waals surface area (Å²) in [5.41, 5.74) is -0.523. The number of halogens is 8. The standard InChI is InChI=1S/C23H11F8NO3S/c1-34-15-9-11(23(29,30)31)2-4-14(15)21-13-5-3-12(8-10(13)6-7-32-21)36(33)35-22-19(27)17(25)16(24)18(26)20(22)28/h2-9H,1H3. The van der Waals surface area contributed by atoms with Crippen molar-refractivity contribution in [3.05, 3.63) is 83.3 Å². The zero-order valence-corrected chi connectivity index (χ0v) is 18.5. The number of nitrogens with zero attached hydrogens (tertiary/aromatic N) is 1. The van der Waals surface area contributed by atoms with Crippen LogP contribution in [0.4, 0.5) is 35.1 Å². The Kier molecular flexibility index (Phi) is 6.60. The predicted molar refractivity (Wildman–Crippen MR) is 112 cm³/mol. The molecular weight excluding hydrogens is 522 g/mol. The zero-order chi connectivity index (χ0) is 26.4. The molecule has 4 nitrogen and oxygen atoms in total. The number of fused-ring (bicyclic) bond motifs is 1. The minimum absolute atomic E-state index is 0.118. The van der Waals surface area contributed by atoms with E-state index in [0.29, 0.717) is 10.8 Å². The summed E-state index contributed by atoms with van der Waals surface area (Å²) in [4.78, 5) is 3.98. The Morgan fingerprint density at radius 1 is 0.833 bits per heavy atom. The molecule has 13 heteroatoms. The number of hydrogen-bond donors (Lipinski definition) is 0. The molecule has 0 amide bonds. The number of benzene rings is 3. The highest BCUT2D eigenvalue weighted by Gasteiger charge is 2.32. The quantitative estimate of drug-likeness (QED) is 0.162. The van der Waals surface area contributed by atoms with Gasteiger partial charge < -0.3 is 8.92 Å². The number of ether oxygens (including phenoxy) is 1. The van der Waals surface area contributed by atoms with Crippen molar-refractivity contribution in [2.24, 2.45) is 0 Å². The van der Waals surface area contributed by atoms with E-state index in [9.17, 15) is 39.3 Å². The fourth-order valence-corrected chi connectivity index (χ4v) is 4.12. The van der Waals surface area contributed by atoms with Crippen molar-refractivity contribution in [3.63, 3.8) is 0 Å². The average Bonchev–Trinajstić information content (AvgIpc) is 2.87. The number of alkyl halides is 3. The Bertz CT molecular complexity index is 1490. The Labute approximate surface area is 199 Å². The molecule has 0 radical (unpaired) electrons. The minimum Gasteiger partial charge on any atom is -0.496 e. The molecule has 4 rings (SSSR count). The zero-order valence-electron chi connectivity index (χ0n) is 17.7. The lowest BCUT2D eigenvalue weighted by molar-refractivity contribution is -0.137.